The second-order valence-corrected chi connectivity index (χ2v) is 4.81. The van der Waals surface area contributed by atoms with Crippen molar-refractivity contribution in [3.63, 3.8) is 0 Å². The summed E-state index contributed by atoms with van der Waals surface area (Å²) >= 11 is 2.53. The Kier molecular flexibility index (Phi) is 3.20. The first-order valence-corrected chi connectivity index (χ1v) is 6.18. The number of aryl methyl sites for hydroxylation is 1. The Balaban J connectivity index is 2.10. The predicted molar refractivity (Wildman–Crippen MR) is 63.5 cm³/mol. The minimum atomic E-state index is -0.153. The summed E-state index contributed by atoms with van der Waals surface area (Å²) in [6.07, 6.45) is 0. The van der Waals surface area contributed by atoms with Crippen LogP contribution in [0, 0.1) is 6.92 Å². The average Bonchev–Trinajstić information content (AvgIpc) is 2.59. The molecule has 0 bridgehead atoms. The van der Waals surface area contributed by atoms with E-state index in [1.807, 2.05) is 0 Å². The second-order valence-electron chi connectivity index (χ2n) is 3.06. The molecule has 0 unspecified atom stereocenters. The third kappa shape index (κ3) is 2.58. The number of aromatic nitrogens is 4. The molecule has 16 heavy (non-hydrogen) atoms. The van der Waals surface area contributed by atoms with Crippen molar-refractivity contribution in [3.8, 4) is 0 Å². The van der Waals surface area contributed by atoms with Crippen LogP contribution in [-0.2, 0) is 5.75 Å². The van der Waals surface area contributed by atoms with Gasteiger partial charge in [0.15, 0.2) is 5.16 Å². The van der Waals surface area contributed by atoms with Crippen molar-refractivity contribution in [1.82, 2.24) is 19.6 Å². The number of nitrogens with zero attached hydrogens (tertiary/aromatic N) is 3. The first-order chi connectivity index (χ1) is 7.65. The van der Waals surface area contributed by atoms with Crippen molar-refractivity contribution in [3.05, 3.63) is 27.8 Å². The third-order valence-corrected chi connectivity index (χ3v) is 3.26. The summed E-state index contributed by atoms with van der Waals surface area (Å²) in [5, 5.41) is 5.05. The summed E-state index contributed by atoms with van der Waals surface area (Å²) in [4.78, 5) is 18.0. The second kappa shape index (κ2) is 4.62. The zero-order valence-corrected chi connectivity index (χ0v) is 10.1. The highest BCUT2D eigenvalue weighted by Crippen LogP contribution is 2.22. The van der Waals surface area contributed by atoms with Crippen molar-refractivity contribution in [2.45, 2.75) is 17.8 Å². The molecule has 6 nitrogen and oxygen atoms in total. The van der Waals surface area contributed by atoms with Gasteiger partial charge in [0, 0.05) is 29.0 Å². The molecule has 2 heterocycles. The fraction of sp³-hybridized carbons (Fsp3) is 0.250. The number of nitrogens with one attached hydrogen (secondary N) is 1. The van der Waals surface area contributed by atoms with E-state index in [-0.39, 0.29) is 5.56 Å². The largest absolute Gasteiger partial charge is 0.388 e. The van der Waals surface area contributed by atoms with Crippen LogP contribution in [0.3, 0.4) is 0 Å². The number of anilines is 1. The number of aromatic amines is 1. The molecule has 2 aromatic heterocycles. The molecule has 0 saturated heterocycles. The molecule has 0 aromatic carbocycles. The number of nitrogens with two attached hydrogens (primary N) is 1. The van der Waals surface area contributed by atoms with Crippen LogP contribution in [0.2, 0.25) is 0 Å². The number of nitrogen functional groups attached to an aromatic ring is 1. The molecule has 8 heteroatoms. The highest BCUT2D eigenvalue weighted by atomic mass is 32.2. The van der Waals surface area contributed by atoms with Gasteiger partial charge in [0.2, 0.25) is 0 Å². The molecule has 3 N–H and O–H groups in total. The van der Waals surface area contributed by atoms with Gasteiger partial charge in [-0.15, -0.1) is 5.10 Å². The molecule has 0 fully saturated rings. The maximum atomic E-state index is 11.2. The van der Waals surface area contributed by atoms with Gasteiger partial charge in [0.05, 0.1) is 0 Å². The molecule has 0 amide bonds. The molecular formula is C8H9N5OS2. The maximum Gasteiger partial charge on any atom is 0.251 e. The Morgan fingerprint density at radius 2 is 2.44 bits per heavy atom. The average molecular weight is 255 g/mol. The zero-order chi connectivity index (χ0) is 11.5. The van der Waals surface area contributed by atoms with E-state index < -0.39 is 0 Å². The monoisotopic (exact) mass is 255 g/mol. The maximum absolute atomic E-state index is 11.2. The van der Waals surface area contributed by atoms with Crippen molar-refractivity contribution in [1.29, 1.82) is 0 Å². The summed E-state index contributed by atoms with van der Waals surface area (Å²) in [5.41, 5.74) is 6.91. The highest BCUT2D eigenvalue weighted by Gasteiger charge is 2.06. The van der Waals surface area contributed by atoms with Crippen LogP contribution >= 0.6 is 23.3 Å². The van der Waals surface area contributed by atoms with E-state index in [1.165, 1.54) is 17.8 Å². The lowest BCUT2D eigenvalue weighted by Gasteiger charge is -1.99. The van der Waals surface area contributed by atoms with E-state index in [0.29, 0.717) is 21.6 Å². The van der Waals surface area contributed by atoms with Crippen LogP contribution in [0.15, 0.2) is 16.0 Å². The van der Waals surface area contributed by atoms with E-state index in [1.54, 1.807) is 6.92 Å². The SMILES string of the molecule is Cc1cc(=O)[nH]c(SCc2nnsc2N)n1. The van der Waals surface area contributed by atoms with Gasteiger partial charge >= 0.3 is 0 Å². The lowest BCUT2D eigenvalue weighted by atomic mass is 10.5. The van der Waals surface area contributed by atoms with E-state index in [0.717, 1.165) is 17.2 Å². The Bertz CT molecular complexity index is 549. The minimum absolute atomic E-state index is 0.153. The predicted octanol–water partition coefficient (Wildman–Crippen LogP) is 0.804. The molecule has 2 aromatic rings. The van der Waals surface area contributed by atoms with Gasteiger partial charge in [0.1, 0.15) is 10.7 Å². The first-order valence-electron chi connectivity index (χ1n) is 4.42. The Morgan fingerprint density at radius 1 is 1.62 bits per heavy atom. The molecule has 0 atom stereocenters. The highest BCUT2D eigenvalue weighted by molar-refractivity contribution is 7.98. The van der Waals surface area contributed by atoms with E-state index in [4.69, 9.17) is 5.73 Å². The third-order valence-electron chi connectivity index (χ3n) is 1.78. The Labute approximate surface area is 99.5 Å². The molecule has 0 spiro atoms. The molecule has 84 valence electrons. The summed E-state index contributed by atoms with van der Waals surface area (Å²) in [5.74, 6) is 0.550. The number of thioether (sulfide) groups is 1. The van der Waals surface area contributed by atoms with E-state index >= 15 is 0 Å². The van der Waals surface area contributed by atoms with Crippen molar-refractivity contribution >= 4 is 28.3 Å². The Morgan fingerprint density at radius 3 is 3.06 bits per heavy atom. The lowest BCUT2D eigenvalue weighted by Crippen LogP contribution is -2.08. The molecule has 0 radical (unpaired) electrons. The molecular weight excluding hydrogens is 246 g/mol. The van der Waals surface area contributed by atoms with Gasteiger partial charge < -0.3 is 10.7 Å². The van der Waals surface area contributed by atoms with Gasteiger partial charge in [0.25, 0.3) is 5.56 Å². The summed E-state index contributed by atoms with van der Waals surface area (Å²) in [7, 11) is 0. The number of rotatable bonds is 3. The number of hydrogen-bond acceptors (Lipinski definition) is 7. The van der Waals surface area contributed by atoms with Crippen LogP contribution in [0.1, 0.15) is 11.4 Å². The molecule has 2 rings (SSSR count). The summed E-state index contributed by atoms with van der Waals surface area (Å²) in [6.45, 7) is 1.78. The minimum Gasteiger partial charge on any atom is -0.388 e. The van der Waals surface area contributed by atoms with Crippen LogP contribution in [-0.4, -0.2) is 19.6 Å². The van der Waals surface area contributed by atoms with Gasteiger partial charge in [-0.25, -0.2) is 4.98 Å². The molecule has 0 aliphatic carbocycles. The first kappa shape index (κ1) is 11.1. The van der Waals surface area contributed by atoms with Gasteiger partial charge in [-0.05, 0) is 6.92 Å². The van der Waals surface area contributed by atoms with Gasteiger partial charge in [-0.3, -0.25) is 4.79 Å². The van der Waals surface area contributed by atoms with Crippen LogP contribution in [0.5, 0.6) is 0 Å². The van der Waals surface area contributed by atoms with Crippen LogP contribution in [0.25, 0.3) is 0 Å². The zero-order valence-electron chi connectivity index (χ0n) is 8.43. The fourth-order valence-corrected chi connectivity index (χ4v) is 2.48. The van der Waals surface area contributed by atoms with Crippen LogP contribution < -0.4 is 11.3 Å². The molecule has 0 saturated carbocycles. The van der Waals surface area contributed by atoms with Crippen molar-refractivity contribution in [2.75, 3.05) is 5.73 Å². The van der Waals surface area contributed by atoms with Crippen LogP contribution in [0.4, 0.5) is 5.00 Å². The van der Waals surface area contributed by atoms with E-state index in [9.17, 15) is 4.79 Å². The smallest absolute Gasteiger partial charge is 0.251 e. The van der Waals surface area contributed by atoms with E-state index in [2.05, 4.69) is 19.6 Å². The fourth-order valence-electron chi connectivity index (χ4n) is 1.07. The standard InChI is InChI=1S/C8H9N5OS2/c1-4-2-6(14)11-8(10-4)15-3-5-7(9)16-13-12-5/h2H,3,9H2,1H3,(H,10,11,14). The Hall–Kier alpha value is -1.41. The summed E-state index contributed by atoms with van der Waals surface area (Å²) in [6, 6.07) is 1.45. The quantitative estimate of drug-likeness (QED) is 0.622. The number of H-pyrrole nitrogens is 1. The van der Waals surface area contributed by atoms with Gasteiger partial charge in [-0.1, -0.05) is 16.3 Å². The normalized spacial score (nSPS) is 10.6. The molecule has 0 aliphatic heterocycles. The molecule has 0 aliphatic rings. The topological polar surface area (TPSA) is 97.5 Å². The lowest BCUT2D eigenvalue weighted by molar-refractivity contribution is 0.904. The number of hydrogen-bond donors (Lipinski definition) is 2. The van der Waals surface area contributed by atoms with Gasteiger partial charge in [-0.2, -0.15) is 0 Å². The summed E-state index contributed by atoms with van der Waals surface area (Å²) < 4.78 is 3.73. The van der Waals surface area contributed by atoms with Crippen molar-refractivity contribution in [2.24, 2.45) is 0 Å². The van der Waals surface area contributed by atoms with Crippen molar-refractivity contribution < 1.29 is 0 Å².